The van der Waals surface area contributed by atoms with Crippen LogP contribution in [0.1, 0.15) is 21.6 Å². The van der Waals surface area contributed by atoms with Gasteiger partial charge in [0.05, 0.1) is 33.1 Å². The minimum Gasteiger partial charge on any atom is -0.493 e. The third-order valence-corrected chi connectivity index (χ3v) is 4.86. The van der Waals surface area contributed by atoms with Crippen LogP contribution in [0.25, 0.3) is 0 Å². The molecule has 35 heavy (non-hydrogen) atoms. The number of methoxy groups -OCH3 is 3. The number of aromatic nitrogens is 1. The third-order valence-electron chi connectivity index (χ3n) is 4.60. The topological polar surface area (TPSA) is 94.1 Å². The van der Waals surface area contributed by atoms with Gasteiger partial charge in [-0.05, 0) is 48.5 Å². The molecule has 2 aromatic carbocycles. The zero-order valence-electron chi connectivity index (χ0n) is 18.7. The maximum atomic E-state index is 13.2. The molecule has 0 aliphatic heterocycles. The fourth-order valence-electron chi connectivity index (χ4n) is 2.97. The van der Waals surface area contributed by atoms with Crippen LogP contribution < -0.4 is 25.0 Å². The Bertz CT molecular complexity index is 1210. The molecule has 0 saturated heterocycles. The molecule has 0 aliphatic carbocycles. The van der Waals surface area contributed by atoms with E-state index in [4.69, 9.17) is 25.8 Å². The number of ether oxygens (including phenoxy) is 3. The summed E-state index contributed by atoms with van der Waals surface area (Å²) < 4.78 is 55.4. The lowest BCUT2D eigenvalue weighted by atomic mass is 10.2. The number of amides is 1. The molecule has 0 radical (unpaired) electrons. The van der Waals surface area contributed by atoms with Gasteiger partial charge in [0, 0.05) is 16.3 Å². The molecule has 1 amide bonds. The van der Waals surface area contributed by atoms with E-state index in [1.165, 1.54) is 39.7 Å². The summed E-state index contributed by atoms with van der Waals surface area (Å²) in [6.45, 7) is 0. The average Bonchev–Trinajstić information content (AvgIpc) is 2.84. The van der Waals surface area contributed by atoms with Gasteiger partial charge in [0.2, 0.25) is 5.75 Å². The lowest BCUT2D eigenvalue weighted by Crippen LogP contribution is -2.21. The predicted octanol–water partition coefficient (Wildman–Crippen LogP) is 5.29. The highest BCUT2D eigenvalue weighted by Gasteiger charge is 2.33. The number of carbonyl (C=O) groups excluding carboxylic acids is 1. The van der Waals surface area contributed by atoms with Crippen molar-refractivity contribution in [1.29, 1.82) is 0 Å². The van der Waals surface area contributed by atoms with E-state index in [1.807, 2.05) is 0 Å². The van der Waals surface area contributed by atoms with Gasteiger partial charge in [0.1, 0.15) is 11.5 Å². The minimum absolute atomic E-state index is 0.157. The van der Waals surface area contributed by atoms with Crippen molar-refractivity contribution in [3.05, 3.63) is 70.4 Å². The first-order valence-corrected chi connectivity index (χ1v) is 10.3. The van der Waals surface area contributed by atoms with E-state index in [0.29, 0.717) is 39.6 Å². The SMILES string of the molecule is COc1cc(/C=N/NC(=O)c2ccc(C(F)(F)F)nc2Nc2ccc(Cl)cc2)cc(OC)c1OC. The number of pyridine rings is 1. The molecule has 3 rings (SSSR count). The van der Waals surface area contributed by atoms with Crippen molar-refractivity contribution in [2.75, 3.05) is 26.6 Å². The second-order valence-electron chi connectivity index (χ2n) is 6.88. The smallest absolute Gasteiger partial charge is 0.433 e. The monoisotopic (exact) mass is 508 g/mol. The van der Waals surface area contributed by atoms with Gasteiger partial charge in [-0.15, -0.1) is 0 Å². The van der Waals surface area contributed by atoms with Crippen molar-refractivity contribution < 1.29 is 32.2 Å². The normalized spacial score (nSPS) is 11.3. The minimum atomic E-state index is -4.70. The molecule has 0 spiro atoms. The molecule has 1 aromatic heterocycles. The van der Waals surface area contributed by atoms with E-state index >= 15 is 0 Å². The highest BCUT2D eigenvalue weighted by atomic mass is 35.5. The number of anilines is 2. The van der Waals surface area contributed by atoms with Gasteiger partial charge in [0.25, 0.3) is 5.91 Å². The van der Waals surface area contributed by atoms with E-state index in [2.05, 4.69) is 20.8 Å². The van der Waals surface area contributed by atoms with Crippen LogP contribution in [0, 0.1) is 0 Å². The lowest BCUT2D eigenvalue weighted by molar-refractivity contribution is -0.141. The zero-order chi connectivity index (χ0) is 25.6. The largest absolute Gasteiger partial charge is 0.493 e. The fraction of sp³-hybridized carbons (Fsp3) is 0.174. The fourth-order valence-corrected chi connectivity index (χ4v) is 3.09. The summed E-state index contributed by atoms with van der Waals surface area (Å²) in [6, 6.07) is 11.1. The Morgan fingerprint density at radius 3 is 2.17 bits per heavy atom. The van der Waals surface area contributed by atoms with Crippen molar-refractivity contribution in [3.63, 3.8) is 0 Å². The van der Waals surface area contributed by atoms with Gasteiger partial charge in [-0.25, -0.2) is 10.4 Å². The van der Waals surface area contributed by atoms with Crippen LogP contribution in [-0.4, -0.2) is 38.4 Å². The van der Waals surface area contributed by atoms with Crippen LogP contribution in [0.5, 0.6) is 17.2 Å². The zero-order valence-corrected chi connectivity index (χ0v) is 19.5. The maximum absolute atomic E-state index is 13.2. The number of hydrogen-bond donors (Lipinski definition) is 2. The quantitative estimate of drug-likeness (QED) is 0.317. The number of rotatable bonds is 8. The highest BCUT2D eigenvalue weighted by Crippen LogP contribution is 2.37. The molecule has 184 valence electrons. The van der Waals surface area contributed by atoms with E-state index in [1.54, 1.807) is 24.3 Å². The first kappa shape index (κ1) is 25.6. The maximum Gasteiger partial charge on any atom is 0.433 e. The number of nitrogens with zero attached hydrogens (tertiary/aromatic N) is 2. The Kier molecular flexibility index (Phi) is 8.02. The van der Waals surface area contributed by atoms with Crippen molar-refractivity contribution >= 4 is 35.2 Å². The summed E-state index contributed by atoms with van der Waals surface area (Å²) in [5.41, 5.74) is 1.85. The van der Waals surface area contributed by atoms with Crippen LogP contribution in [0.15, 0.2) is 53.6 Å². The molecule has 12 heteroatoms. The molecular weight excluding hydrogens is 489 g/mol. The number of carbonyl (C=O) groups is 1. The molecule has 0 saturated carbocycles. The summed E-state index contributed by atoms with van der Waals surface area (Å²) in [5.74, 6) is 0.0426. The number of benzene rings is 2. The van der Waals surface area contributed by atoms with Crippen LogP contribution in [0.2, 0.25) is 5.02 Å². The number of halogens is 4. The number of hydrogen-bond acceptors (Lipinski definition) is 7. The Hall–Kier alpha value is -3.99. The van der Waals surface area contributed by atoms with E-state index < -0.39 is 17.8 Å². The lowest BCUT2D eigenvalue weighted by Gasteiger charge is -2.14. The Morgan fingerprint density at radius 1 is 1.00 bits per heavy atom. The molecule has 0 aliphatic rings. The van der Waals surface area contributed by atoms with Crippen LogP contribution in [0.3, 0.4) is 0 Å². The summed E-state index contributed by atoms with van der Waals surface area (Å²) in [6.07, 6.45) is -3.39. The molecule has 2 N–H and O–H groups in total. The summed E-state index contributed by atoms with van der Waals surface area (Å²) in [7, 11) is 4.36. The van der Waals surface area contributed by atoms with Crippen LogP contribution >= 0.6 is 11.6 Å². The Balaban J connectivity index is 1.87. The number of hydrazone groups is 1. The van der Waals surface area contributed by atoms with E-state index in [9.17, 15) is 18.0 Å². The summed E-state index contributed by atoms with van der Waals surface area (Å²) in [4.78, 5) is 16.3. The second kappa shape index (κ2) is 11.0. The molecule has 0 atom stereocenters. The van der Waals surface area contributed by atoms with Crippen molar-refractivity contribution in [3.8, 4) is 17.2 Å². The Morgan fingerprint density at radius 2 is 1.63 bits per heavy atom. The molecule has 1 heterocycles. The number of nitrogens with one attached hydrogen (secondary N) is 2. The van der Waals surface area contributed by atoms with Crippen LogP contribution in [-0.2, 0) is 6.18 Å². The van der Waals surface area contributed by atoms with Crippen molar-refractivity contribution in [1.82, 2.24) is 10.4 Å². The molecule has 0 bridgehead atoms. The summed E-state index contributed by atoms with van der Waals surface area (Å²) >= 11 is 5.85. The highest BCUT2D eigenvalue weighted by molar-refractivity contribution is 6.30. The van der Waals surface area contributed by atoms with Gasteiger partial charge >= 0.3 is 6.18 Å². The molecular formula is C23H20ClF3N4O4. The van der Waals surface area contributed by atoms with Gasteiger partial charge in [0.15, 0.2) is 11.5 Å². The Labute approximate surface area is 203 Å². The van der Waals surface area contributed by atoms with E-state index in [-0.39, 0.29) is 11.4 Å². The molecule has 8 nitrogen and oxygen atoms in total. The van der Waals surface area contributed by atoms with Gasteiger partial charge in [-0.1, -0.05) is 11.6 Å². The summed E-state index contributed by atoms with van der Waals surface area (Å²) in [5, 5.41) is 7.03. The standard InChI is InChI=1S/C23H20ClF3N4O4/c1-33-17-10-13(11-18(34-2)20(17)35-3)12-28-31-22(32)16-8-9-19(23(25,26)27)30-21(16)29-15-6-4-14(24)5-7-15/h4-12H,1-3H3,(H,29,30)(H,31,32)/b28-12+. The average molecular weight is 509 g/mol. The molecule has 0 fully saturated rings. The number of alkyl halides is 3. The van der Waals surface area contributed by atoms with Gasteiger partial charge < -0.3 is 19.5 Å². The van der Waals surface area contributed by atoms with Gasteiger partial charge in [-0.3, -0.25) is 4.79 Å². The predicted molar refractivity (Wildman–Crippen MR) is 125 cm³/mol. The third kappa shape index (κ3) is 6.33. The van der Waals surface area contributed by atoms with Crippen LogP contribution in [0.4, 0.5) is 24.7 Å². The molecule has 3 aromatic rings. The molecule has 0 unspecified atom stereocenters. The van der Waals surface area contributed by atoms with Crippen molar-refractivity contribution in [2.24, 2.45) is 5.10 Å². The second-order valence-corrected chi connectivity index (χ2v) is 7.32. The van der Waals surface area contributed by atoms with Gasteiger partial charge in [-0.2, -0.15) is 18.3 Å². The first-order chi connectivity index (χ1) is 16.7. The first-order valence-electron chi connectivity index (χ1n) is 9.90. The van der Waals surface area contributed by atoms with Crippen molar-refractivity contribution in [2.45, 2.75) is 6.18 Å². The van der Waals surface area contributed by atoms with E-state index in [0.717, 1.165) is 6.07 Å².